The Morgan fingerprint density at radius 1 is 0.897 bits per heavy atom. The third kappa shape index (κ3) is 4.86. The van der Waals surface area contributed by atoms with Gasteiger partial charge in [-0.25, -0.2) is 9.97 Å². The number of anilines is 1. The molecule has 0 saturated heterocycles. The number of hydrogen-bond donors (Lipinski definition) is 1. The van der Waals surface area contributed by atoms with Crippen molar-refractivity contribution in [1.82, 2.24) is 14.9 Å². The number of ether oxygens (including phenoxy) is 3. The average molecular weight is 396 g/mol. The molecule has 3 rings (SSSR count). The number of nitrogens with zero attached hydrogens (tertiary/aromatic N) is 3. The first kappa shape index (κ1) is 20.7. The summed E-state index contributed by atoms with van der Waals surface area (Å²) in [6, 6.07) is 11.5. The lowest BCUT2D eigenvalue weighted by molar-refractivity contribution is 0.356. The molecule has 2 aromatic carbocycles. The minimum absolute atomic E-state index is 0.637. The van der Waals surface area contributed by atoms with Gasteiger partial charge < -0.3 is 24.4 Å². The summed E-state index contributed by atoms with van der Waals surface area (Å²) >= 11 is 0. The van der Waals surface area contributed by atoms with Crippen LogP contribution in [0.1, 0.15) is 6.42 Å². The van der Waals surface area contributed by atoms with Crippen molar-refractivity contribution in [3.8, 4) is 28.6 Å². The van der Waals surface area contributed by atoms with Gasteiger partial charge in [-0.2, -0.15) is 0 Å². The van der Waals surface area contributed by atoms with E-state index in [1.165, 1.54) is 0 Å². The minimum atomic E-state index is 0.637. The van der Waals surface area contributed by atoms with E-state index in [-0.39, 0.29) is 0 Å². The Kier molecular flexibility index (Phi) is 6.72. The second-order valence-electron chi connectivity index (χ2n) is 6.93. The van der Waals surface area contributed by atoms with Crippen molar-refractivity contribution in [2.24, 2.45) is 0 Å². The van der Waals surface area contributed by atoms with Gasteiger partial charge in [0.2, 0.25) is 0 Å². The predicted octanol–water partition coefficient (Wildman–Crippen LogP) is 3.69. The zero-order chi connectivity index (χ0) is 20.8. The van der Waals surface area contributed by atoms with E-state index in [1.54, 1.807) is 21.3 Å². The molecule has 0 aliphatic rings. The van der Waals surface area contributed by atoms with Crippen LogP contribution >= 0.6 is 0 Å². The van der Waals surface area contributed by atoms with E-state index in [0.717, 1.165) is 47.5 Å². The van der Waals surface area contributed by atoms with Gasteiger partial charge >= 0.3 is 0 Å². The van der Waals surface area contributed by atoms with Crippen molar-refractivity contribution in [3.05, 3.63) is 36.4 Å². The second-order valence-corrected chi connectivity index (χ2v) is 6.93. The van der Waals surface area contributed by atoms with Crippen LogP contribution in [0.4, 0.5) is 5.82 Å². The van der Waals surface area contributed by atoms with Crippen LogP contribution in [0.5, 0.6) is 17.2 Å². The highest BCUT2D eigenvalue weighted by Crippen LogP contribution is 2.35. The fourth-order valence-corrected chi connectivity index (χ4v) is 3.06. The standard InChI is InChI=1S/C22H28N4O3/c1-26(2)12-6-11-23-22-17-13-19(28-4)20(29-5)14-18(17)24-21(25-22)15-7-9-16(27-3)10-8-15/h7-10,13-14H,6,11-12H2,1-5H3,(H,23,24,25). The Bertz CT molecular complexity index is 958. The van der Waals surface area contributed by atoms with Crippen molar-refractivity contribution in [2.75, 3.05) is 53.8 Å². The van der Waals surface area contributed by atoms with Crippen LogP contribution in [-0.4, -0.2) is 63.4 Å². The fraction of sp³-hybridized carbons (Fsp3) is 0.364. The van der Waals surface area contributed by atoms with Gasteiger partial charge in [-0.3, -0.25) is 0 Å². The van der Waals surface area contributed by atoms with Gasteiger partial charge in [-0.1, -0.05) is 0 Å². The lowest BCUT2D eigenvalue weighted by Crippen LogP contribution is -2.17. The van der Waals surface area contributed by atoms with Crippen molar-refractivity contribution in [1.29, 1.82) is 0 Å². The van der Waals surface area contributed by atoms with E-state index in [0.29, 0.717) is 17.3 Å². The first-order valence-electron chi connectivity index (χ1n) is 9.52. The second kappa shape index (κ2) is 9.43. The summed E-state index contributed by atoms with van der Waals surface area (Å²) in [6.07, 6.45) is 1.00. The summed E-state index contributed by atoms with van der Waals surface area (Å²) in [4.78, 5) is 11.7. The van der Waals surface area contributed by atoms with Crippen LogP contribution in [0.15, 0.2) is 36.4 Å². The van der Waals surface area contributed by atoms with E-state index in [2.05, 4.69) is 24.3 Å². The molecular formula is C22H28N4O3. The van der Waals surface area contributed by atoms with Gasteiger partial charge in [-0.15, -0.1) is 0 Å². The number of fused-ring (bicyclic) bond motifs is 1. The van der Waals surface area contributed by atoms with Crippen molar-refractivity contribution < 1.29 is 14.2 Å². The molecule has 1 heterocycles. The topological polar surface area (TPSA) is 68.7 Å². The molecule has 1 N–H and O–H groups in total. The Balaban J connectivity index is 2.04. The van der Waals surface area contributed by atoms with Gasteiger partial charge in [-0.05, 0) is 57.4 Å². The molecule has 0 fully saturated rings. The third-order valence-corrected chi connectivity index (χ3v) is 4.62. The molecule has 7 heteroatoms. The summed E-state index contributed by atoms with van der Waals surface area (Å²) in [5, 5.41) is 4.36. The SMILES string of the molecule is COc1ccc(-c2nc(NCCCN(C)C)c3cc(OC)c(OC)cc3n2)cc1. The molecule has 0 bridgehead atoms. The summed E-state index contributed by atoms with van der Waals surface area (Å²) in [5.41, 5.74) is 1.71. The van der Waals surface area contributed by atoms with Gasteiger partial charge in [0.25, 0.3) is 0 Å². The maximum atomic E-state index is 5.47. The van der Waals surface area contributed by atoms with Crippen molar-refractivity contribution in [3.63, 3.8) is 0 Å². The molecule has 0 aliphatic heterocycles. The smallest absolute Gasteiger partial charge is 0.162 e. The monoisotopic (exact) mass is 396 g/mol. The lowest BCUT2D eigenvalue weighted by Gasteiger charge is -2.15. The maximum absolute atomic E-state index is 5.47. The number of hydrogen-bond acceptors (Lipinski definition) is 7. The van der Waals surface area contributed by atoms with Crippen LogP contribution in [0.2, 0.25) is 0 Å². The van der Waals surface area contributed by atoms with Crippen LogP contribution in [-0.2, 0) is 0 Å². The Labute approximate surface area is 171 Å². The number of rotatable bonds is 9. The predicted molar refractivity (Wildman–Crippen MR) is 116 cm³/mol. The summed E-state index contributed by atoms with van der Waals surface area (Å²) in [5.74, 6) is 3.50. The van der Waals surface area contributed by atoms with Gasteiger partial charge in [0.05, 0.1) is 26.8 Å². The Morgan fingerprint density at radius 3 is 2.21 bits per heavy atom. The van der Waals surface area contributed by atoms with Crippen molar-refractivity contribution >= 4 is 16.7 Å². The molecule has 0 unspecified atom stereocenters. The molecule has 7 nitrogen and oxygen atoms in total. The van der Waals surface area contributed by atoms with E-state index >= 15 is 0 Å². The normalized spacial score (nSPS) is 11.0. The summed E-state index contributed by atoms with van der Waals surface area (Å²) in [7, 11) is 9.03. The molecule has 0 amide bonds. The minimum Gasteiger partial charge on any atom is -0.497 e. The van der Waals surface area contributed by atoms with Gasteiger partial charge in [0, 0.05) is 23.6 Å². The van der Waals surface area contributed by atoms with E-state index in [4.69, 9.17) is 24.2 Å². The summed E-state index contributed by atoms with van der Waals surface area (Å²) in [6.45, 7) is 1.80. The molecule has 0 aliphatic carbocycles. The number of aromatic nitrogens is 2. The zero-order valence-corrected chi connectivity index (χ0v) is 17.7. The molecule has 0 atom stereocenters. The molecule has 0 radical (unpaired) electrons. The highest BCUT2D eigenvalue weighted by molar-refractivity contribution is 5.93. The maximum Gasteiger partial charge on any atom is 0.162 e. The van der Waals surface area contributed by atoms with Gasteiger partial charge in [0.15, 0.2) is 17.3 Å². The molecular weight excluding hydrogens is 368 g/mol. The largest absolute Gasteiger partial charge is 0.497 e. The van der Waals surface area contributed by atoms with Crippen LogP contribution in [0.3, 0.4) is 0 Å². The van der Waals surface area contributed by atoms with Crippen LogP contribution in [0, 0.1) is 0 Å². The molecule has 1 aromatic heterocycles. The molecule has 0 saturated carbocycles. The quantitative estimate of drug-likeness (QED) is 0.553. The van der Waals surface area contributed by atoms with E-state index < -0.39 is 0 Å². The molecule has 154 valence electrons. The van der Waals surface area contributed by atoms with Crippen LogP contribution in [0.25, 0.3) is 22.3 Å². The first-order chi connectivity index (χ1) is 14.0. The van der Waals surface area contributed by atoms with E-state index in [1.807, 2.05) is 36.4 Å². The lowest BCUT2D eigenvalue weighted by atomic mass is 10.1. The van der Waals surface area contributed by atoms with Gasteiger partial charge in [0.1, 0.15) is 11.6 Å². The average Bonchev–Trinajstić information content (AvgIpc) is 2.75. The Hall–Kier alpha value is -3.06. The first-order valence-corrected chi connectivity index (χ1v) is 9.52. The zero-order valence-electron chi connectivity index (χ0n) is 17.7. The highest BCUT2D eigenvalue weighted by Gasteiger charge is 2.14. The molecule has 3 aromatic rings. The Morgan fingerprint density at radius 2 is 1.59 bits per heavy atom. The number of nitrogens with one attached hydrogen (secondary N) is 1. The summed E-state index contributed by atoms with van der Waals surface area (Å²) < 4.78 is 16.2. The van der Waals surface area contributed by atoms with Crippen LogP contribution < -0.4 is 19.5 Å². The number of methoxy groups -OCH3 is 3. The number of benzene rings is 2. The van der Waals surface area contributed by atoms with E-state index in [9.17, 15) is 0 Å². The molecule has 0 spiro atoms. The fourth-order valence-electron chi connectivity index (χ4n) is 3.06. The highest BCUT2D eigenvalue weighted by atomic mass is 16.5. The van der Waals surface area contributed by atoms with Crippen molar-refractivity contribution in [2.45, 2.75) is 6.42 Å². The third-order valence-electron chi connectivity index (χ3n) is 4.62. The molecule has 29 heavy (non-hydrogen) atoms.